The van der Waals surface area contributed by atoms with Crippen LogP contribution in [0.2, 0.25) is 0 Å². The Labute approximate surface area is 88.5 Å². The molecule has 0 amide bonds. The Balaban J connectivity index is 3.53. The van der Waals surface area contributed by atoms with Gasteiger partial charge in [0.25, 0.3) is 0 Å². The molecule has 0 aliphatic rings. The van der Waals surface area contributed by atoms with Gasteiger partial charge in [0.1, 0.15) is 0 Å². The second-order valence-electron chi connectivity index (χ2n) is 4.01. The van der Waals surface area contributed by atoms with Gasteiger partial charge in [0, 0.05) is 11.9 Å². The summed E-state index contributed by atoms with van der Waals surface area (Å²) in [5.41, 5.74) is 0. The molecule has 80 valence electrons. The normalized spacial score (nSPS) is 14.1. The summed E-state index contributed by atoms with van der Waals surface area (Å²) in [6, 6.07) is 0. The van der Waals surface area contributed by atoms with Gasteiger partial charge in [0.05, 0.1) is 0 Å². The Morgan fingerprint density at radius 3 is 2.15 bits per heavy atom. The summed E-state index contributed by atoms with van der Waals surface area (Å²) in [5.74, 6) is 0.857. The van der Waals surface area contributed by atoms with Crippen LogP contribution in [0.1, 0.15) is 40.0 Å². The van der Waals surface area contributed by atoms with Crippen molar-refractivity contribution in [2.24, 2.45) is 5.92 Å². The summed E-state index contributed by atoms with van der Waals surface area (Å²) in [7, 11) is 2.19. The van der Waals surface area contributed by atoms with Crippen molar-refractivity contribution < 1.29 is 0 Å². The van der Waals surface area contributed by atoms with E-state index in [0.717, 1.165) is 18.9 Å². The monoisotopic (exact) mass is 205 g/mol. The molecule has 0 aliphatic carbocycles. The van der Waals surface area contributed by atoms with Crippen LogP contribution in [-0.4, -0.2) is 30.4 Å². The molecule has 0 radical (unpaired) electrons. The lowest BCUT2D eigenvalue weighted by Gasteiger charge is -2.22. The molecule has 1 nitrogen and oxygen atoms in total. The minimum Gasteiger partial charge on any atom is -0.306 e. The van der Waals surface area contributed by atoms with Crippen LogP contribution in [0.5, 0.6) is 0 Å². The third kappa shape index (κ3) is 7.33. The maximum absolute atomic E-state index is 5.90. The Bertz CT molecular complexity index is 111. The number of rotatable bonds is 7. The second-order valence-corrected chi connectivity index (χ2v) is 4.76. The van der Waals surface area contributed by atoms with E-state index in [9.17, 15) is 0 Å². The van der Waals surface area contributed by atoms with Gasteiger partial charge >= 0.3 is 0 Å². The maximum atomic E-state index is 5.90. The predicted molar refractivity (Wildman–Crippen MR) is 61.5 cm³/mol. The molecule has 0 aromatic heterocycles. The lowest BCUT2D eigenvalue weighted by atomic mass is 10.0. The Morgan fingerprint density at radius 2 is 1.77 bits per heavy atom. The van der Waals surface area contributed by atoms with E-state index in [-0.39, 0.29) is 0 Å². The molecule has 13 heavy (non-hydrogen) atoms. The summed E-state index contributed by atoms with van der Waals surface area (Å²) in [4.78, 5) is 2.40. The van der Waals surface area contributed by atoms with Crippen LogP contribution in [0.25, 0.3) is 0 Å². The summed E-state index contributed by atoms with van der Waals surface area (Å²) in [6.07, 6.45) is 3.67. The van der Waals surface area contributed by atoms with Gasteiger partial charge in [-0.1, -0.05) is 26.7 Å². The van der Waals surface area contributed by atoms with Crippen LogP contribution < -0.4 is 0 Å². The number of hydrogen-bond acceptors (Lipinski definition) is 1. The zero-order chi connectivity index (χ0) is 10.3. The van der Waals surface area contributed by atoms with E-state index in [0.29, 0.717) is 5.38 Å². The largest absolute Gasteiger partial charge is 0.306 e. The van der Waals surface area contributed by atoms with Crippen molar-refractivity contribution in [3.05, 3.63) is 0 Å². The van der Waals surface area contributed by atoms with E-state index < -0.39 is 0 Å². The molecule has 0 rings (SSSR count). The van der Waals surface area contributed by atoms with Gasteiger partial charge in [0.15, 0.2) is 0 Å². The highest BCUT2D eigenvalue weighted by Gasteiger charge is 2.07. The van der Waals surface area contributed by atoms with Crippen molar-refractivity contribution in [1.82, 2.24) is 4.90 Å². The van der Waals surface area contributed by atoms with Crippen molar-refractivity contribution in [3.8, 4) is 0 Å². The van der Waals surface area contributed by atoms with Crippen LogP contribution >= 0.6 is 11.6 Å². The molecule has 0 saturated carbocycles. The van der Waals surface area contributed by atoms with Gasteiger partial charge in [-0.2, -0.15) is 0 Å². The van der Waals surface area contributed by atoms with Gasteiger partial charge in [-0.05, 0) is 32.9 Å². The van der Waals surface area contributed by atoms with E-state index in [1.165, 1.54) is 19.4 Å². The van der Waals surface area contributed by atoms with Crippen LogP contribution in [0.3, 0.4) is 0 Å². The molecule has 0 bridgehead atoms. The lowest BCUT2D eigenvalue weighted by Crippen LogP contribution is -2.27. The first-order valence-electron chi connectivity index (χ1n) is 5.42. The zero-order valence-corrected chi connectivity index (χ0v) is 10.3. The van der Waals surface area contributed by atoms with Crippen LogP contribution in [0.4, 0.5) is 0 Å². The average molecular weight is 206 g/mol. The fourth-order valence-corrected chi connectivity index (χ4v) is 1.57. The molecular weight excluding hydrogens is 182 g/mol. The Hall–Kier alpha value is 0.250. The average Bonchev–Trinajstić information content (AvgIpc) is 2.10. The molecule has 0 heterocycles. The number of alkyl halides is 1. The standard InChI is InChI=1S/C11H24ClN/c1-5-11(6-2)9-13(4)8-7-10(3)12/h10-11H,5-9H2,1-4H3. The predicted octanol–water partition coefficient (Wildman–Crippen LogP) is 3.37. The molecule has 0 fully saturated rings. The lowest BCUT2D eigenvalue weighted by molar-refractivity contribution is 0.264. The van der Waals surface area contributed by atoms with Crippen molar-refractivity contribution in [2.45, 2.75) is 45.4 Å². The fraction of sp³-hybridized carbons (Fsp3) is 1.00. The van der Waals surface area contributed by atoms with Crippen molar-refractivity contribution >= 4 is 11.6 Å². The smallest absolute Gasteiger partial charge is 0.0320 e. The van der Waals surface area contributed by atoms with Gasteiger partial charge in [-0.3, -0.25) is 0 Å². The first-order valence-corrected chi connectivity index (χ1v) is 5.86. The molecule has 2 heteroatoms. The minimum atomic E-state index is 0.309. The molecule has 1 atom stereocenters. The first kappa shape index (κ1) is 13.2. The van der Waals surface area contributed by atoms with Crippen LogP contribution in [-0.2, 0) is 0 Å². The Morgan fingerprint density at radius 1 is 1.23 bits per heavy atom. The molecule has 0 aromatic carbocycles. The third-order valence-electron chi connectivity index (χ3n) is 2.63. The highest BCUT2D eigenvalue weighted by Crippen LogP contribution is 2.10. The van der Waals surface area contributed by atoms with E-state index in [1.807, 2.05) is 0 Å². The van der Waals surface area contributed by atoms with Gasteiger partial charge < -0.3 is 4.90 Å². The third-order valence-corrected chi connectivity index (χ3v) is 2.85. The molecular formula is C11H24ClN. The van der Waals surface area contributed by atoms with Gasteiger partial charge in [-0.25, -0.2) is 0 Å². The van der Waals surface area contributed by atoms with E-state index in [2.05, 4.69) is 32.7 Å². The van der Waals surface area contributed by atoms with E-state index in [1.54, 1.807) is 0 Å². The summed E-state index contributed by atoms with van der Waals surface area (Å²) >= 11 is 5.90. The van der Waals surface area contributed by atoms with Crippen LogP contribution in [0, 0.1) is 5.92 Å². The Kier molecular flexibility index (Phi) is 7.78. The molecule has 0 N–H and O–H groups in total. The van der Waals surface area contributed by atoms with Crippen molar-refractivity contribution in [1.29, 1.82) is 0 Å². The molecule has 0 saturated heterocycles. The van der Waals surface area contributed by atoms with Gasteiger partial charge in [-0.15, -0.1) is 11.6 Å². The molecule has 0 aliphatic heterocycles. The zero-order valence-electron chi connectivity index (χ0n) is 9.52. The quantitative estimate of drug-likeness (QED) is 0.577. The minimum absolute atomic E-state index is 0.309. The molecule has 1 unspecified atom stereocenters. The number of nitrogens with zero attached hydrogens (tertiary/aromatic N) is 1. The second kappa shape index (κ2) is 7.64. The highest BCUT2D eigenvalue weighted by atomic mass is 35.5. The SMILES string of the molecule is CCC(CC)CN(C)CCC(C)Cl. The first-order chi connectivity index (χ1) is 6.10. The fourth-order valence-electron chi connectivity index (χ4n) is 1.48. The van der Waals surface area contributed by atoms with E-state index in [4.69, 9.17) is 11.6 Å². The highest BCUT2D eigenvalue weighted by molar-refractivity contribution is 6.20. The summed E-state index contributed by atoms with van der Waals surface area (Å²) in [5, 5.41) is 0.309. The van der Waals surface area contributed by atoms with E-state index >= 15 is 0 Å². The van der Waals surface area contributed by atoms with Crippen LogP contribution in [0.15, 0.2) is 0 Å². The van der Waals surface area contributed by atoms with Gasteiger partial charge in [0.2, 0.25) is 0 Å². The maximum Gasteiger partial charge on any atom is 0.0320 e. The number of halogens is 1. The molecule has 0 spiro atoms. The topological polar surface area (TPSA) is 3.24 Å². The van der Waals surface area contributed by atoms with Crippen molar-refractivity contribution in [3.63, 3.8) is 0 Å². The summed E-state index contributed by atoms with van der Waals surface area (Å²) in [6.45, 7) is 8.95. The summed E-state index contributed by atoms with van der Waals surface area (Å²) < 4.78 is 0. The number of hydrogen-bond donors (Lipinski definition) is 0. The molecule has 0 aromatic rings. The van der Waals surface area contributed by atoms with Crippen molar-refractivity contribution in [2.75, 3.05) is 20.1 Å².